The topological polar surface area (TPSA) is 133 Å². The SMILES string of the molecule is N/C(=C\C=C(/N)NC(=O)CC1=CCCC=C1)CCCCc1nnc(N)s1. The van der Waals surface area contributed by atoms with E-state index in [9.17, 15) is 4.79 Å². The Balaban J connectivity index is 1.67. The fourth-order valence-electron chi connectivity index (χ4n) is 2.48. The third kappa shape index (κ3) is 7.52. The number of allylic oxidation sites excluding steroid dienone is 6. The lowest BCUT2D eigenvalue weighted by Gasteiger charge is -2.08. The number of carbonyl (C=O) groups is 1. The molecule has 0 bridgehead atoms. The van der Waals surface area contributed by atoms with Crippen molar-refractivity contribution in [2.75, 3.05) is 5.73 Å². The van der Waals surface area contributed by atoms with E-state index in [1.165, 1.54) is 11.3 Å². The summed E-state index contributed by atoms with van der Waals surface area (Å²) in [6.45, 7) is 0. The van der Waals surface area contributed by atoms with Gasteiger partial charge in [-0.15, -0.1) is 10.2 Å². The van der Waals surface area contributed by atoms with Crippen LogP contribution in [-0.4, -0.2) is 16.1 Å². The van der Waals surface area contributed by atoms with Gasteiger partial charge in [0.2, 0.25) is 11.0 Å². The molecule has 140 valence electrons. The van der Waals surface area contributed by atoms with Gasteiger partial charge in [-0.3, -0.25) is 4.79 Å². The molecule has 1 aliphatic carbocycles. The van der Waals surface area contributed by atoms with Crippen molar-refractivity contribution in [1.29, 1.82) is 0 Å². The Morgan fingerprint density at radius 1 is 1.23 bits per heavy atom. The van der Waals surface area contributed by atoms with E-state index < -0.39 is 0 Å². The average Bonchev–Trinajstić information content (AvgIpc) is 3.03. The van der Waals surface area contributed by atoms with Gasteiger partial charge < -0.3 is 22.5 Å². The highest BCUT2D eigenvalue weighted by Crippen LogP contribution is 2.15. The zero-order valence-electron chi connectivity index (χ0n) is 14.8. The number of amides is 1. The van der Waals surface area contributed by atoms with Crippen molar-refractivity contribution in [3.8, 4) is 0 Å². The lowest BCUT2D eigenvalue weighted by molar-refractivity contribution is -0.119. The third-order valence-corrected chi connectivity index (χ3v) is 4.60. The molecule has 0 saturated carbocycles. The Morgan fingerprint density at radius 2 is 2.08 bits per heavy atom. The number of unbranched alkanes of at least 4 members (excludes halogenated alkanes) is 1. The van der Waals surface area contributed by atoms with Gasteiger partial charge in [-0.05, 0) is 49.8 Å². The van der Waals surface area contributed by atoms with Crippen LogP contribution in [0.5, 0.6) is 0 Å². The molecule has 0 saturated heterocycles. The van der Waals surface area contributed by atoms with E-state index in [4.69, 9.17) is 17.2 Å². The number of rotatable bonds is 9. The summed E-state index contributed by atoms with van der Waals surface area (Å²) < 4.78 is 0. The lowest BCUT2D eigenvalue weighted by atomic mass is 10.0. The Morgan fingerprint density at radius 3 is 2.77 bits per heavy atom. The molecule has 0 aromatic carbocycles. The Kier molecular flexibility index (Phi) is 7.88. The zero-order chi connectivity index (χ0) is 18.8. The monoisotopic (exact) mass is 374 g/mol. The van der Waals surface area contributed by atoms with E-state index in [2.05, 4.69) is 27.7 Å². The minimum Gasteiger partial charge on any atom is -0.402 e. The Labute approximate surface area is 157 Å². The molecule has 7 N–H and O–H groups in total. The van der Waals surface area contributed by atoms with Gasteiger partial charge in [0.05, 0.1) is 6.42 Å². The van der Waals surface area contributed by atoms with Crippen LogP contribution in [0.4, 0.5) is 5.13 Å². The van der Waals surface area contributed by atoms with Crippen molar-refractivity contribution >= 4 is 22.4 Å². The summed E-state index contributed by atoms with van der Waals surface area (Å²) in [6, 6.07) is 0. The molecule has 0 spiro atoms. The van der Waals surface area contributed by atoms with E-state index in [0.717, 1.165) is 54.8 Å². The van der Waals surface area contributed by atoms with Gasteiger partial charge in [-0.2, -0.15) is 0 Å². The molecule has 1 amide bonds. The minimum atomic E-state index is -0.125. The van der Waals surface area contributed by atoms with Gasteiger partial charge in [0.15, 0.2) is 0 Å². The number of hydrogen-bond acceptors (Lipinski definition) is 7. The molecule has 8 heteroatoms. The maximum atomic E-state index is 11.9. The molecule has 1 aromatic rings. The predicted octanol–water partition coefficient (Wildman–Crippen LogP) is 2.26. The first-order valence-corrected chi connectivity index (χ1v) is 9.49. The molecule has 0 unspecified atom stereocenters. The van der Waals surface area contributed by atoms with Crippen LogP contribution in [0.2, 0.25) is 0 Å². The van der Waals surface area contributed by atoms with Gasteiger partial charge in [-0.1, -0.05) is 29.6 Å². The molecule has 1 aromatic heterocycles. The summed E-state index contributed by atoms with van der Waals surface area (Å²) in [5, 5.41) is 11.9. The zero-order valence-corrected chi connectivity index (χ0v) is 15.6. The summed E-state index contributed by atoms with van der Waals surface area (Å²) in [4.78, 5) is 11.9. The van der Waals surface area contributed by atoms with Crippen LogP contribution in [0, 0.1) is 0 Å². The van der Waals surface area contributed by atoms with E-state index in [1.807, 2.05) is 6.08 Å². The molecule has 26 heavy (non-hydrogen) atoms. The normalized spacial score (nSPS) is 15.0. The summed E-state index contributed by atoms with van der Waals surface area (Å²) >= 11 is 1.41. The highest BCUT2D eigenvalue weighted by Gasteiger charge is 2.06. The standard InChI is InChI=1S/C18H26N6OS/c19-14(8-4-5-9-17-23-24-18(21)26-17)10-11-15(20)22-16(25)12-13-6-2-1-3-7-13/h2,6-7,10-11H,1,3-5,8-9,12,19-20H2,(H2,21,24)(H,22,25)/b14-10-,15-11+. The number of nitrogens with two attached hydrogens (primary N) is 3. The Bertz CT molecular complexity index is 732. The summed E-state index contributed by atoms with van der Waals surface area (Å²) in [5.74, 6) is 0.169. The van der Waals surface area contributed by atoms with Crippen molar-refractivity contribution in [3.63, 3.8) is 0 Å². The van der Waals surface area contributed by atoms with E-state index >= 15 is 0 Å². The molecular weight excluding hydrogens is 348 g/mol. The molecule has 2 rings (SSSR count). The number of nitrogen functional groups attached to an aromatic ring is 1. The summed E-state index contributed by atoms with van der Waals surface area (Å²) in [6.07, 6.45) is 15.3. The van der Waals surface area contributed by atoms with Crippen LogP contribution in [0.15, 0.2) is 47.5 Å². The van der Waals surface area contributed by atoms with Crippen LogP contribution < -0.4 is 22.5 Å². The van der Waals surface area contributed by atoms with Gasteiger partial charge in [-0.25, -0.2) is 0 Å². The van der Waals surface area contributed by atoms with E-state index in [0.29, 0.717) is 17.4 Å². The molecule has 1 heterocycles. The van der Waals surface area contributed by atoms with Crippen LogP contribution >= 0.6 is 11.3 Å². The number of aryl methyl sites for hydroxylation is 1. The lowest BCUT2D eigenvalue weighted by Crippen LogP contribution is -2.27. The molecule has 0 fully saturated rings. The minimum absolute atomic E-state index is 0.125. The molecule has 0 radical (unpaired) electrons. The number of nitrogens with one attached hydrogen (secondary N) is 1. The number of aromatic nitrogens is 2. The highest BCUT2D eigenvalue weighted by molar-refractivity contribution is 7.15. The van der Waals surface area contributed by atoms with Crippen molar-refractivity contribution in [2.24, 2.45) is 11.5 Å². The maximum absolute atomic E-state index is 11.9. The van der Waals surface area contributed by atoms with Crippen LogP contribution in [0.25, 0.3) is 0 Å². The van der Waals surface area contributed by atoms with Crippen molar-refractivity contribution in [1.82, 2.24) is 15.5 Å². The van der Waals surface area contributed by atoms with Crippen LogP contribution in [-0.2, 0) is 11.2 Å². The smallest absolute Gasteiger partial charge is 0.229 e. The largest absolute Gasteiger partial charge is 0.402 e. The van der Waals surface area contributed by atoms with E-state index in [1.54, 1.807) is 12.2 Å². The number of hydrogen-bond donors (Lipinski definition) is 4. The first-order chi connectivity index (χ1) is 12.5. The molecular formula is C18H26N6OS. The van der Waals surface area contributed by atoms with Gasteiger partial charge in [0, 0.05) is 12.1 Å². The second-order valence-corrected chi connectivity index (χ2v) is 7.18. The predicted molar refractivity (Wildman–Crippen MR) is 106 cm³/mol. The fraction of sp³-hybridized carbons (Fsp3) is 0.389. The molecule has 7 nitrogen and oxygen atoms in total. The van der Waals surface area contributed by atoms with Crippen LogP contribution in [0.3, 0.4) is 0 Å². The second-order valence-electron chi connectivity index (χ2n) is 6.09. The highest BCUT2D eigenvalue weighted by atomic mass is 32.1. The van der Waals surface area contributed by atoms with Crippen molar-refractivity contribution in [3.05, 3.63) is 52.5 Å². The summed E-state index contributed by atoms with van der Waals surface area (Å²) in [7, 11) is 0. The number of anilines is 1. The number of carbonyl (C=O) groups excluding carboxylic acids is 1. The first kappa shape index (κ1) is 19.7. The van der Waals surface area contributed by atoms with Crippen LogP contribution in [0.1, 0.15) is 43.5 Å². The van der Waals surface area contributed by atoms with Gasteiger partial charge in [0.25, 0.3) is 0 Å². The third-order valence-electron chi connectivity index (χ3n) is 3.79. The first-order valence-electron chi connectivity index (χ1n) is 8.68. The molecule has 0 atom stereocenters. The fourth-order valence-corrected chi connectivity index (χ4v) is 3.14. The van der Waals surface area contributed by atoms with Gasteiger partial charge >= 0.3 is 0 Å². The van der Waals surface area contributed by atoms with E-state index in [-0.39, 0.29) is 5.91 Å². The molecule has 0 aliphatic heterocycles. The maximum Gasteiger partial charge on any atom is 0.229 e. The average molecular weight is 375 g/mol. The van der Waals surface area contributed by atoms with Crippen molar-refractivity contribution in [2.45, 2.75) is 44.9 Å². The Hall–Kier alpha value is -2.61. The quantitative estimate of drug-likeness (QED) is 0.387. The number of nitrogens with zero attached hydrogens (tertiary/aromatic N) is 2. The second kappa shape index (κ2) is 10.4. The van der Waals surface area contributed by atoms with Crippen molar-refractivity contribution < 1.29 is 4.79 Å². The summed E-state index contributed by atoms with van der Waals surface area (Å²) in [5.41, 5.74) is 19.1. The van der Waals surface area contributed by atoms with Gasteiger partial charge in [0.1, 0.15) is 10.8 Å². The molecule has 1 aliphatic rings.